The van der Waals surface area contributed by atoms with Crippen molar-refractivity contribution in [2.24, 2.45) is 0 Å². The molecule has 1 aromatic carbocycles. The normalized spacial score (nSPS) is 15.9. The lowest BCUT2D eigenvalue weighted by molar-refractivity contribution is 0.0640. The molecule has 0 aliphatic carbocycles. The number of nitrogens with one attached hydrogen (secondary N) is 1. The Morgan fingerprint density at radius 2 is 1.96 bits per heavy atom. The van der Waals surface area contributed by atoms with Gasteiger partial charge in [-0.05, 0) is 29.6 Å². The molecule has 0 atom stereocenters. The molecular weight excluding hydrogens is 413 g/mol. The molecule has 2 heterocycles. The Morgan fingerprint density at radius 1 is 1.22 bits per heavy atom. The lowest BCUT2D eigenvalue weighted by atomic mass is 10.2. The SMILES string of the molecule is O=C(c1ccsc1)N1CCN(CCNS(=O)(=O)c2ccc(F)c(Cl)c2)CC1. The average molecular weight is 432 g/mol. The third-order valence-corrected chi connectivity index (χ3v) is 6.78. The highest BCUT2D eigenvalue weighted by Gasteiger charge is 2.22. The van der Waals surface area contributed by atoms with Gasteiger partial charge in [0.05, 0.1) is 15.5 Å². The summed E-state index contributed by atoms with van der Waals surface area (Å²) in [6.45, 7) is 3.31. The lowest BCUT2D eigenvalue weighted by Crippen LogP contribution is -2.50. The van der Waals surface area contributed by atoms with Crippen LogP contribution in [0.3, 0.4) is 0 Å². The molecule has 0 saturated carbocycles. The first-order valence-corrected chi connectivity index (χ1v) is 11.2. The fraction of sp³-hybridized carbons (Fsp3) is 0.353. The second-order valence-corrected chi connectivity index (χ2v) is 9.07. The number of nitrogens with zero attached hydrogens (tertiary/aromatic N) is 2. The number of halogens is 2. The van der Waals surface area contributed by atoms with Gasteiger partial charge in [-0.25, -0.2) is 17.5 Å². The van der Waals surface area contributed by atoms with E-state index in [-0.39, 0.29) is 22.4 Å². The molecule has 146 valence electrons. The van der Waals surface area contributed by atoms with Crippen molar-refractivity contribution in [3.05, 3.63) is 51.4 Å². The van der Waals surface area contributed by atoms with Gasteiger partial charge in [-0.2, -0.15) is 11.3 Å². The highest BCUT2D eigenvalue weighted by molar-refractivity contribution is 7.89. The number of sulfonamides is 1. The van der Waals surface area contributed by atoms with Crippen molar-refractivity contribution in [1.82, 2.24) is 14.5 Å². The van der Waals surface area contributed by atoms with E-state index in [1.807, 2.05) is 21.7 Å². The molecular formula is C17H19ClFN3O3S2. The molecule has 0 unspecified atom stereocenters. The average Bonchev–Trinajstić information content (AvgIpc) is 3.18. The van der Waals surface area contributed by atoms with E-state index in [0.717, 1.165) is 12.1 Å². The maximum absolute atomic E-state index is 13.2. The van der Waals surface area contributed by atoms with E-state index in [2.05, 4.69) is 9.62 Å². The van der Waals surface area contributed by atoms with Gasteiger partial charge in [-0.3, -0.25) is 9.69 Å². The molecule has 6 nitrogen and oxygen atoms in total. The number of hydrogen-bond acceptors (Lipinski definition) is 5. The molecule has 0 radical (unpaired) electrons. The van der Waals surface area contributed by atoms with E-state index >= 15 is 0 Å². The van der Waals surface area contributed by atoms with Crippen molar-refractivity contribution in [3.8, 4) is 0 Å². The largest absolute Gasteiger partial charge is 0.336 e. The summed E-state index contributed by atoms with van der Waals surface area (Å²) in [5, 5.41) is 3.49. The molecule has 1 amide bonds. The van der Waals surface area contributed by atoms with E-state index in [1.54, 1.807) is 0 Å². The fourth-order valence-corrected chi connectivity index (χ4v) is 4.73. The van der Waals surface area contributed by atoms with Crippen LogP contribution in [0.25, 0.3) is 0 Å². The summed E-state index contributed by atoms with van der Waals surface area (Å²) in [4.78, 5) is 16.1. The second-order valence-electron chi connectivity index (χ2n) is 6.12. The van der Waals surface area contributed by atoms with Gasteiger partial charge in [0.25, 0.3) is 5.91 Å². The zero-order chi connectivity index (χ0) is 19.4. The van der Waals surface area contributed by atoms with Crippen molar-refractivity contribution < 1.29 is 17.6 Å². The van der Waals surface area contributed by atoms with Crippen LogP contribution in [0, 0.1) is 5.82 Å². The van der Waals surface area contributed by atoms with Gasteiger partial charge < -0.3 is 4.90 Å². The van der Waals surface area contributed by atoms with Crippen LogP contribution in [0.15, 0.2) is 39.9 Å². The zero-order valence-electron chi connectivity index (χ0n) is 14.4. The van der Waals surface area contributed by atoms with E-state index in [1.165, 1.54) is 17.4 Å². The highest BCUT2D eigenvalue weighted by Crippen LogP contribution is 2.19. The van der Waals surface area contributed by atoms with E-state index < -0.39 is 15.8 Å². The van der Waals surface area contributed by atoms with Crippen molar-refractivity contribution in [2.75, 3.05) is 39.3 Å². The second kappa shape index (κ2) is 8.66. The molecule has 1 fully saturated rings. The topological polar surface area (TPSA) is 69.7 Å². The summed E-state index contributed by atoms with van der Waals surface area (Å²) in [6.07, 6.45) is 0. The minimum Gasteiger partial charge on any atom is -0.336 e. The van der Waals surface area contributed by atoms with Crippen LogP contribution in [0.5, 0.6) is 0 Å². The number of piperazine rings is 1. The fourth-order valence-electron chi connectivity index (χ4n) is 2.81. The van der Waals surface area contributed by atoms with Gasteiger partial charge >= 0.3 is 0 Å². The predicted octanol–water partition coefficient (Wildman–Crippen LogP) is 2.28. The van der Waals surface area contributed by atoms with Gasteiger partial charge in [0, 0.05) is 44.6 Å². The predicted molar refractivity (Wildman–Crippen MR) is 103 cm³/mol. The number of hydrogen-bond donors (Lipinski definition) is 1. The summed E-state index contributed by atoms with van der Waals surface area (Å²) < 4.78 is 40.2. The highest BCUT2D eigenvalue weighted by atomic mass is 35.5. The van der Waals surface area contributed by atoms with Gasteiger partial charge in [-0.1, -0.05) is 11.6 Å². The summed E-state index contributed by atoms with van der Waals surface area (Å²) >= 11 is 7.14. The van der Waals surface area contributed by atoms with Crippen LogP contribution >= 0.6 is 22.9 Å². The minimum atomic E-state index is -3.75. The Morgan fingerprint density at radius 3 is 2.59 bits per heavy atom. The zero-order valence-corrected chi connectivity index (χ0v) is 16.8. The monoisotopic (exact) mass is 431 g/mol. The van der Waals surface area contributed by atoms with E-state index in [4.69, 9.17) is 11.6 Å². The molecule has 1 aromatic heterocycles. The van der Waals surface area contributed by atoms with Gasteiger partial charge in [0.15, 0.2) is 0 Å². The van der Waals surface area contributed by atoms with Crippen LogP contribution in [0.1, 0.15) is 10.4 Å². The molecule has 1 saturated heterocycles. The Kier molecular flexibility index (Phi) is 6.48. The first kappa shape index (κ1) is 20.2. The number of rotatable bonds is 6. The maximum Gasteiger partial charge on any atom is 0.254 e. The first-order chi connectivity index (χ1) is 12.9. The van der Waals surface area contributed by atoms with Crippen molar-refractivity contribution in [2.45, 2.75) is 4.90 Å². The van der Waals surface area contributed by atoms with Crippen LogP contribution in [0.4, 0.5) is 4.39 Å². The molecule has 27 heavy (non-hydrogen) atoms. The number of carbonyl (C=O) groups is 1. The van der Waals surface area contributed by atoms with Crippen LogP contribution in [-0.2, 0) is 10.0 Å². The number of amides is 1. The third-order valence-electron chi connectivity index (χ3n) is 4.35. The number of carbonyl (C=O) groups excluding carboxylic acids is 1. The van der Waals surface area contributed by atoms with E-state index in [9.17, 15) is 17.6 Å². The summed E-state index contributed by atoms with van der Waals surface area (Å²) in [5.41, 5.74) is 0.708. The molecule has 2 aromatic rings. The third kappa shape index (κ3) is 5.05. The first-order valence-electron chi connectivity index (χ1n) is 8.35. The Balaban J connectivity index is 1.46. The van der Waals surface area contributed by atoms with Gasteiger partial charge in [0.1, 0.15) is 5.82 Å². The molecule has 3 rings (SSSR count). The number of benzene rings is 1. The quantitative estimate of drug-likeness (QED) is 0.761. The van der Waals surface area contributed by atoms with Crippen LogP contribution < -0.4 is 4.72 Å². The molecule has 1 aliphatic rings. The van der Waals surface area contributed by atoms with Crippen LogP contribution in [0.2, 0.25) is 5.02 Å². The minimum absolute atomic E-state index is 0.0322. The van der Waals surface area contributed by atoms with Crippen molar-refractivity contribution in [1.29, 1.82) is 0 Å². The summed E-state index contributed by atoms with van der Waals surface area (Å²) in [5.74, 6) is -0.629. The number of thiophene rings is 1. The van der Waals surface area contributed by atoms with Crippen LogP contribution in [-0.4, -0.2) is 63.4 Å². The maximum atomic E-state index is 13.2. The Labute approximate surface area is 166 Å². The van der Waals surface area contributed by atoms with Gasteiger partial charge in [0.2, 0.25) is 10.0 Å². The molecule has 0 spiro atoms. The Bertz CT molecular complexity index is 898. The molecule has 10 heteroatoms. The summed E-state index contributed by atoms with van der Waals surface area (Å²) in [6, 6.07) is 5.11. The lowest BCUT2D eigenvalue weighted by Gasteiger charge is -2.34. The van der Waals surface area contributed by atoms with Crippen molar-refractivity contribution >= 4 is 38.9 Å². The van der Waals surface area contributed by atoms with Crippen molar-refractivity contribution in [3.63, 3.8) is 0 Å². The standard InChI is InChI=1S/C17H19ClFN3O3S2/c18-15-11-14(1-2-16(15)19)27(24,25)20-4-5-21-6-8-22(9-7-21)17(23)13-3-10-26-12-13/h1-3,10-12,20H,4-9H2. The molecule has 1 N–H and O–H groups in total. The summed E-state index contributed by atoms with van der Waals surface area (Å²) in [7, 11) is -3.75. The smallest absolute Gasteiger partial charge is 0.254 e. The van der Waals surface area contributed by atoms with E-state index in [0.29, 0.717) is 38.3 Å². The Hall–Kier alpha value is -1.52. The molecule has 0 bridgehead atoms. The molecule has 1 aliphatic heterocycles. The van der Waals surface area contributed by atoms with Gasteiger partial charge in [-0.15, -0.1) is 0 Å².